The number of halogens is 2. The van der Waals surface area contributed by atoms with Crippen LogP contribution in [0.1, 0.15) is 18.9 Å². The molecular formula is C22H23F2N3O4S. The van der Waals surface area contributed by atoms with E-state index in [9.17, 15) is 23.6 Å². The monoisotopic (exact) mass is 463 g/mol. The Kier molecular flexibility index (Phi) is 9.78. The normalized spacial score (nSPS) is 12.4. The largest absolute Gasteiger partial charge is 0.434 e. The molecule has 10 heteroatoms. The van der Waals surface area contributed by atoms with Crippen molar-refractivity contribution in [2.24, 2.45) is 0 Å². The lowest BCUT2D eigenvalue weighted by molar-refractivity contribution is -0.115. The maximum atomic E-state index is 12.9. The Bertz CT molecular complexity index is 1170. The summed E-state index contributed by atoms with van der Waals surface area (Å²) in [5.74, 6) is -0.709. The fourth-order valence-electron chi connectivity index (χ4n) is 2.75. The number of hydrogen-bond acceptors (Lipinski definition) is 6. The van der Waals surface area contributed by atoms with Crippen LogP contribution in [0.25, 0.3) is 11.6 Å². The van der Waals surface area contributed by atoms with Crippen molar-refractivity contribution >= 4 is 28.9 Å². The molecule has 0 fully saturated rings. The maximum absolute atomic E-state index is 12.9. The lowest BCUT2D eigenvalue weighted by Crippen LogP contribution is -2.35. The van der Waals surface area contributed by atoms with Crippen molar-refractivity contribution in [3.05, 3.63) is 62.0 Å². The van der Waals surface area contributed by atoms with Crippen LogP contribution in [-0.2, 0) is 16.1 Å². The smallest absolute Gasteiger partial charge is 0.387 e. The lowest BCUT2D eigenvalue weighted by atomic mass is 10.2. The van der Waals surface area contributed by atoms with Gasteiger partial charge in [0.15, 0.2) is 5.57 Å². The average Bonchev–Trinajstić information content (AvgIpc) is 3.05. The van der Waals surface area contributed by atoms with Crippen molar-refractivity contribution in [2.45, 2.75) is 26.5 Å². The minimum Gasteiger partial charge on any atom is -0.434 e. The molecule has 170 valence electrons. The summed E-state index contributed by atoms with van der Waals surface area (Å²) in [5, 5.41) is 12.2. The first-order valence-electron chi connectivity index (χ1n) is 9.79. The fourth-order valence-corrected chi connectivity index (χ4v) is 3.85. The molecule has 7 nitrogen and oxygen atoms in total. The summed E-state index contributed by atoms with van der Waals surface area (Å²) in [5.41, 5.74) is -0.432. The second-order valence-corrected chi connectivity index (χ2v) is 7.36. The molecule has 0 aliphatic carbocycles. The van der Waals surface area contributed by atoms with Crippen molar-refractivity contribution in [3.63, 3.8) is 0 Å². The number of thiazole rings is 1. The standard InChI is InChI=1S/C22H23F2N3O4S/c1-3-11-27-20(29)18(13-15-8-5-6-9-17(15)31-22(23)24)32-21(27)16(14-25)19(28)26-10-7-12-30-4-2/h3,5-6,8-9,13,22H,1,4,7,10-12H2,2H3,(H,26,28)/b18-13-,21-16-. The highest BCUT2D eigenvalue weighted by Gasteiger charge is 2.16. The number of rotatable bonds is 11. The van der Waals surface area contributed by atoms with E-state index >= 15 is 0 Å². The summed E-state index contributed by atoms with van der Waals surface area (Å²) >= 11 is 0.916. The number of aromatic nitrogens is 1. The van der Waals surface area contributed by atoms with Gasteiger partial charge >= 0.3 is 6.61 Å². The molecule has 0 saturated carbocycles. The molecule has 1 aromatic carbocycles. The van der Waals surface area contributed by atoms with E-state index in [1.54, 1.807) is 6.07 Å². The van der Waals surface area contributed by atoms with Crippen LogP contribution in [0, 0.1) is 11.3 Å². The Hall–Kier alpha value is -3.29. The highest BCUT2D eigenvalue weighted by molar-refractivity contribution is 7.07. The number of ether oxygens (including phenoxy) is 2. The summed E-state index contributed by atoms with van der Waals surface area (Å²) in [6.45, 7) is 3.86. The van der Waals surface area contributed by atoms with Crippen LogP contribution >= 0.6 is 11.3 Å². The van der Waals surface area contributed by atoms with Gasteiger partial charge in [-0.15, -0.1) is 17.9 Å². The Morgan fingerprint density at radius 2 is 2.16 bits per heavy atom. The van der Waals surface area contributed by atoms with Gasteiger partial charge < -0.3 is 14.8 Å². The number of alkyl halides is 2. The first-order valence-corrected chi connectivity index (χ1v) is 10.6. The molecule has 0 unspecified atom stereocenters. The van der Waals surface area contributed by atoms with E-state index in [0.717, 1.165) is 11.3 Å². The van der Waals surface area contributed by atoms with Gasteiger partial charge in [0.05, 0.1) is 4.53 Å². The SMILES string of the molecule is C=CCn1c(=O)/c(=C/c2ccccc2OC(F)F)s/c1=C(/C#N)C(=O)NCCCOCC. The molecule has 1 amide bonds. The van der Waals surface area contributed by atoms with E-state index in [1.165, 1.54) is 34.9 Å². The predicted molar refractivity (Wildman–Crippen MR) is 118 cm³/mol. The second-order valence-electron chi connectivity index (χ2n) is 6.33. The van der Waals surface area contributed by atoms with Gasteiger partial charge in [0, 0.05) is 31.9 Å². The van der Waals surface area contributed by atoms with Gasteiger partial charge in [-0.05, 0) is 25.5 Å². The molecule has 1 heterocycles. The van der Waals surface area contributed by atoms with Gasteiger partial charge in [-0.1, -0.05) is 24.3 Å². The highest BCUT2D eigenvalue weighted by atomic mass is 32.1. The Morgan fingerprint density at radius 1 is 1.41 bits per heavy atom. The fraction of sp³-hybridized carbons (Fsp3) is 0.318. The van der Waals surface area contributed by atoms with Gasteiger partial charge in [0.25, 0.3) is 11.5 Å². The number of para-hydroxylation sites is 1. The molecule has 0 radical (unpaired) electrons. The van der Waals surface area contributed by atoms with Gasteiger partial charge in [0.1, 0.15) is 16.5 Å². The van der Waals surface area contributed by atoms with Crippen molar-refractivity contribution < 1.29 is 23.0 Å². The van der Waals surface area contributed by atoms with Gasteiger partial charge in [-0.25, -0.2) is 0 Å². The van der Waals surface area contributed by atoms with Gasteiger partial charge in [-0.2, -0.15) is 14.0 Å². The van der Waals surface area contributed by atoms with E-state index in [2.05, 4.69) is 16.6 Å². The van der Waals surface area contributed by atoms with Crippen LogP contribution in [0.4, 0.5) is 8.78 Å². The summed E-state index contributed by atoms with van der Waals surface area (Å²) < 4.78 is 36.7. The van der Waals surface area contributed by atoms with Crippen LogP contribution in [-0.4, -0.2) is 36.8 Å². The molecule has 1 aromatic heterocycles. The van der Waals surface area contributed by atoms with E-state index in [0.29, 0.717) is 26.2 Å². The summed E-state index contributed by atoms with van der Waals surface area (Å²) in [6.07, 6.45) is 3.43. The molecule has 0 atom stereocenters. The van der Waals surface area contributed by atoms with Crippen molar-refractivity contribution in [3.8, 4) is 11.8 Å². The third-order valence-electron chi connectivity index (χ3n) is 4.15. The molecule has 2 rings (SSSR count). The van der Waals surface area contributed by atoms with Crippen LogP contribution in [0.5, 0.6) is 5.75 Å². The molecule has 0 saturated heterocycles. The zero-order chi connectivity index (χ0) is 23.5. The zero-order valence-electron chi connectivity index (χ0n) is 17.5. The molecule has 0 spiro atoms. The molecular weight excluding hydrogens is 440 g/mol. The molecule has 0 bridgehead atoms. The van der Waals surface area contributed by atoms with E-state index in [-0.39, 0.29) is 32.6 Å². The molecule has 1 N–H and O–H groups in total. The predicted octanol–water partition coefficient (Wildman–Crippen LogP) is 1.74. The van der Waals surface area contributed by atoms with Gasteiger partial charge in [-0.3, -0.25) is 14.2 Å². The Labute approximate surface area is 187 Å². The number of amides is 1. The number of nitriles is 1. The number of hydrogen-bond donors (Lipinski definition) is 1. The topological polar surface area (TPSA) is 93.4 Å². The quantitative estimate of drug-likeness (QED) is 0.405. The van der Waals surface area contributed by atoms with Crippen LogP contribution in [0.15, 0.2) is 41.7 Å². The molecule has 32 heavy (non-hydrogen) atoms. The summed E-state index contributed by atoms with van der Waals surface area (Å²) in [6, 6.07) is 7.89. The van der Waals surface area contributed by atoms with Crippen LogP contribution < -0.4 is 24.8 Å². The number of nitrogens with one attached hydrogen (secondary N) is 1. The number of carbonyl (C=O) groups is 1. The summed E-state index contributed by atoms with van der Waals surface area (Å²) in [4.78, 5) is 25.5. The minimum atomic E-state index is -3.02. The molecule has 2 aromatic rings. The van der Waals surface area contributed by atoms with Gasteiger partial charge in [0.2, 0.25) is 0 Å². The maximum Gasteiger partial charge on any atom is 0.387 e. The van der Waals surface area contributed by atoms with E-state index < -0.39 is 18.1 Å². The van der Waals surface area contributed by atoms with E-state index in [1.807, 2.05) is 13.0 Å². The average molecular weight is 464 g/mol. The molecule has 0 aliphatic rings. The number of nitrogens with zero attached hydrogens (tertiary/aromatic N) is 2. The number of benzene rings is 1. The van der Waals surface area contributed by atoms with Crippen molar-refractivity contribution in [1.82, 2.24) is 9.88 Å². The minimum absolute atomic E-state index is 0.0660. The van der Waals surface area contributed by atoms with E-state index in [4.69, 9.17) is 4.74 Å². The first kappa shape index (κ1) is 25.0. The lowest BCUT2D eigenvalue weighted by Gasteiger charge is -2.06. The Morgan fingerprint density at radius 3 is 2.81 bits per heavy atom. The first-order chi connectivity index (χ1) is 15.4. The Balaban J connectivity index is 2.54. The summed E-state index contributed by atoms with van der Waals surface area (Å²) in [7, 11) is 0. The van der Waals surface area contributed by atoms with Crippen LogP contribution in [0.2, 0.25) is 0 Å². The highest BCUT2D eigenvalue weighted by Crippen LogP contribution is 2.20. The third-order valence-corrected chi connectivity index (χ3v) is 5.28. The molecule has 0 aliphatic heterocycles. The zero-order valence-corrected chi connectivity index (χ0v) is 18.3. The van der Waals surface area contributed by atoms with Crippen molar-refractivity contribution in [1.29, 1.82) is 5.26 Å². The third kappa shape index (κ3) is 6.60. The number of carbonyl (C=O) groups excluding carboxylic acids is 1. The van der Waals surface area contributed by atoms with Crippen LogP contribution in [0.3, 0.4) is 0 Å². The van der Waals surface area contributed by atoms with Crippen molar-refractivity contribution in [2.75, 3.05) is 19.8 Å². The number of allylic oxidation sites excluding steroid dienone is 1. The second kappa shape index (κ2) is 12.5.